The minimum Gasteiger partial charge on any atom is -0.381 e. The summed E-state index contributed by atoms with van der Waals surface area (Å²) in [5, 5.41) is 8.85. The van der Waals surface area contributed by atoms with E-state index in [9.17, 15) is 14.0 Å². The molecule has 0 aliphatic carbocycles. The highest BCUT2D eigenvalue weighted by Crippen LogP contribution is 2.32. The van der Waals surface area contributed by atoms with E-state index in [1.54, 1.807) is 48.5 Å². The van der Waals surface area contributed by atoms with Gasteiger partial charge in [0.25, 0.3) is 5.91 Å². The van der Waals surface area contributed by atoms with Crippen molar-refractivity contribution in [3.8, 4) is 0 Å². The summed E-state index contributed by atoms with van der Waals surface area (Å²) in [6, 6.07) is 20.1. The lowest BCUT2D eigenvalue weighted by Gasteiger charge is -2.38. The molecule has 3 N–H and O–H groups in total. The number of rotatable bonds is 5. The Morgan fingerprint density at radius 1 is 0.909 bits per heavy atom. The molecule has 3 aromatic rings. The van der Waals surface area contributed by atoms with Crippen LogP contribution in [0.2, 0.25) is 0 Å². The fourth-order valence-corrected chi connectivity index (χ4v) is 3.97. The zero-order chi connectivity index (χ0) is 23.3. The van der Waals surface area contributed by atoms with E-state index in [0.29, 0.717) is 43.0 Å². The Balaban J connectivity index is 1.49. The minimum atomic E-state index is -0.650. The SMILES string of the molecule is Cc1ccc(NC(=O)c2ccccc2)cc1NC(=O)NC1(c2ccc(F)cc2)CCOCC1. The van der Waals surface area contributed by atoms with E-state index in [1.165, 1.54) is 12.1 Å². The van der Waals surface area contributed by atoms with Gasteiger partial charge in [0.15, 0.2) is 0 Å². The van der Waals surface area contributed by atoms with Crippen LogP contribution in [0.15, 0.2) is 72.8 Å². The molecule has 6 nitrogen and oxygen atoms in total. The molecule has 3 amide bonds. The molecule has 1 fully saturated rings. The number of benzene rings is 3. The number of hydrogen-bond acceptors (Lipinski definition) is 3. The normalized spacial score (nSPS) is 14.8. The lowest BCUT2D eigenvalue weighted by Crippen LogP contribution is -2.51. The number of halogens is 1. The molecule has 0 saturated carbocycles. The fourth-order valence-electron chi connectivity index (χ4n) is 3.97. The summed E-state index contributed by atoms with van der Waals surface area (Å²) >= 11 is 0. The summed E-state index contributed by atoms with van der Waals surface area (Å²) in [4.78, 5) is 25.5. The molecule has 1 heterocycles. The first-order valence-corrected chi connectivity index (χ1v) is 10.9. The molecule has 3 aromatic carbocycles. The Morgan fingerprint density at radius 2 is 1.61 bits per heavy atom. The van der Waals surface area contributed by atoms with Crippen molar-refractivity contribution >= 4 is 23.3 Å². The number of hydrogen-bond donors (Lipinski definition) is 3. The van der Waals surface area contributed by atoms with E-state index in [2.05, 4.69) is 16.0 Å². The van der Waals surface area contributed by atoms with Crippen LogP contribution in [0.3, 0.4) is 0 Å². The van der Waals surface area contributed by atoms with Crippen LogP contribution in [-0.4, -0.2) is 25.2 Å². The quantitative estimate of drug-likeness (QED) is 0.502. The van der Waals surface area contributed by atoms with Crippen LogP contribution in [0.25, 0.3) is 0 Å². The van der Waals surface area contributed by atoms with Gasteiger partial charge in [0.05, 0.1) is 5.54 Å². The molecule has 0 bridgehead atoms. The summed E-state index contributed by atoms with van der Waals surface area (Å²) < 4.78 is 18.9. The van der Waals surface area contributed by atoms with Crippen LogP contribution in [-0.2, 0) is 10.3 Å². The van der Waals surface area contributed by atoms with Crippen molar-refractivity contribution in [2.24, 2.45) is 0 Å². The summed E-state index contributed by atoms with van der Waals surface area (Å²) in [6.07, 6.45) is 1.16. The average Bonchev–Trinajstić information content (AvgIpc) is 2.82. The van der Waals surface area contributed by atoms with Crippen molar-refractivity contribution in [1.82, 2.24) is 5.32 Å². The van der Waals surface area contributed by atoms with Crippen LogP contribution in [0.4, 0.5) is 20.6 Å². The van der Waals surface area contributed by atoms with Gasteiger partial charge in [-0.1, -0.05) is 36.4 Å². The molecule has 7 heteroatoms. The Hall–Kier alpha value is -3.71. The van der Waals surface area contributed by atoms with Gasteiger partial charge >= 0.3 is 6.03 Å². The van der Waals surface area contributed by atoms with Gasteiger partial charge in [-0.15, -0.1) is 0 Å². The van der Waals surface area contributed by atoms with Gasteiger partial charge in [0.1, 0.15) is 5.82 Å². The molecular formula is C26H26FN3O3. The Labute approximate surface area is 192 Å². The monoisotopic (exact) mass is 447 g/mol. The highest BCUT2D eigenvalue weighted by molar-refractivity contribution is 6.04. The van der Waals surface area contributed by atoms with Gasteiger partial charge in [-0.3, -0.25) is 4.79 Å². The second-order valence-electron chi connectivity index (χ2n) is 8.13. The molecule has 1 saturated heterocycles. The maximum absolute atomic E-state index is 13.5. The van der Waals surface area contributed by atoms with E-state index in [4.69, 9.17) is 4.74 Å². The smallest absolute Gasteiger partial charge is 0.319 e. The molecule has 170 valence electrons. The molecule has 0 atom stereocenters. The molecule has 1 aliphatic heterocycles. The van der Waals surface area contributed by atoms with E-state index >= 15 is 0 Å². The highest BCUT2D eigenvalue weighted by Gasteiger charge is 2.36. The third-order valence-corrected chi connectivity index (χ3v) is 5.88. The number of ether oxygens (including phenoxy) is 1. The van der Waals surface area contributed by atoms with Gasteiger partial charge in [-0.25, -0.2) is 9.18 Å². The zero-order valence-corrected chi connectivity index (χ0v) is 18.4. The standard InChI is InChI=1S/C26H26FN3O3/c1-18-7-12-22(28-24(31)19-5-3-2-4-6-19)17-23(18)29-25(32)30-26(13-15-33-16-14-26)20-8-10-21(27)11-9-20/h2-12,17H,13-16H2,1H3,(H,28,31)(H2,29,30,32). The summed E-state index contributed by atoms with van der Waals surface area (Å²) in [5.74, 6) is -0.553. The largest absolute Gasteiger partial charge is 0.381 e. The Morgan fingerprint density at radius 3 is 2.30 bits per heavy atom. The number of urea groups is 1. The number of aryl methyl sites for hydroxylation is 1. The lowest BCUT2D eigenvalue weighted by molar-refractivity contribution is 0.0417. The predicted octanol–water partition coefficient (Wildman–Crippen LogP) is 5.21. The molecule has 0 aromatic heterocycles. The molecule has 0 radical (unpaired) electrons. The molecule has 33 heavy (non-hydrogen) atoms. The lowest BCUT2D eigenvalue weighted by atomic mass is 9.83. The van der Waals surface area contributed by atoms with E-state index in [-0.39, 0.29) is 17.8 Å². The van der Waals surface area contributed by atoms with Crippen LogP contribution in [0, 0.1) is 12.7 Å². The van der Waals surface area contributed by atoms with Gasteiger partial charge < -0.3 is 20.7 Å². The van der Waals surface area contributed by atoms with E-state index in [1.807, 2.05) is 19.1 Å². The Kier molecular flexibility index (Phi) is 6.70. The van der Waals surface area contributed by atoms with Crippen LogP contribution in [0.1, 0.15) is 34.3 Å². The number of carbonyl (C=O) groups excluding carboxylic acids is 2. The molecule has 0 spiro atoms. The number of anilines is 2. The molecule has 0 unspecified atom stereocenters. The topological polar surface area (TPSA) is 79.5 Å². The van der Waals surface area contributed by atoms with Gasteiger partial charge in [-0.05, 0) is 67.3 Å². The minimum absolute atomic E-state index is 0.229. The number of amides is 3. The second kappa shape index (κ2) is 9.83. The fraction of sp³-hybridized carbons (Fsp3) is 0.231. The maximum Gasteiger partial charge on any atom is 0.319 e. The Bertz CT molecular complexity index is 1130. The van der Waals surface area contributed by atoms with Crippen molar-refractivity contribution in [2.45, 2.75) is 25.3 Å². The maximum atomic E-state index is 13.5. The first kappa shape index (κ1) is 22.5. The van der Waals surface area contributed by atoms with Crippen molar-refractivity contribution in [3.05, 3.63) is 95.3 Å². The summed E-state index contributed by atoms with van der Waals surface area (Å²) in [5.41, 5.74) is 2.74. The van der Waals surface area contributed by atoms with Crippen molar-refractivity contribution in [1.29, 1.82) is 0 Å². The summed E-state index contributed by atoms with van der Waals surface area (Å²) in [6.45, 7) is 2.87. The molecule has 1 aliphatic rings. The number of nitrogens with one attached hydrogen (secondary N) is 3. The van der Waals surface area contributed by atoms with Crippen molar-refractivity contribution < 1.29 is 18.7 Å². The van der Waals surface area contributed by atoms with Crippen LogP contribution < -0.4 is 16.0 Å². The van der Waals surface area contributed by atoms with Crippen LogP contribution in [0.5, 0.6) is 0 Å². The van der Waals surface area contributed by atoms with Crippen LogP contribution >= 0.6 is 0 Å². The van der Waals surface area contributed by atoms with E-state index < -0.39 is 5.54 Å². The summed E-state index contributed by atoms with van der Waals surface area (Å²) in [7, 11) is 0. The number of carbonyl (C=O) groups is 2. The van der Waals surface area contributed by atoms with Crippen molar-refractivity contribution in [3.63, 3.8) is 0 Å². The molecular weight excluding hydrogens is 421 g/mol. The van der Waals surface area contributed by atoms with Gasteiger partial charge in [0.2, 0.25) is 0 Å². The third kappa shape index (κ3) is 5.38. The third-order valence-electron chi connectivity index (χ3n) is 5.88. The zero-order valence-electron chi connectivity index (χ0n) is 18.4. The first-order chi connectivity index (χ1) is 15.9. The highest BCUT2D eigenvalue weighted by atomic mass is 19.1. The van der Waals surface area contributed by atoms with Gasteiger partial charge in [-0.2, -0.15) is 0 Å². The predicted molar refractivity (Wildman–Crippen MR) is 126 cm³/mol. The first-order valence-electron chi connectivity index (χ1n) is 10.9. The van der Waals surface area contributed by atoms with E-state index in [0.717, 1.165) is 11.1 Å². The van der Waals surface area contributed by atoms with Crippen molar-refractivity contribution in [2.75, 3.05) is 23.8 Å². The second-order valence-corrected chi connectivity index (χ2v) is 8.13. The molecule has 4 rings (SSSR count). The van der Waals surface area contributed by atoms with Gasteiger partial charge in [0, 0.05) is 30.2 Å². The average molecular weight is 448 g/mol.